The number of carbonyl (C=O) groups is 1. The maximum Gasteiger partial charge on any atom is 0.243 e. The second-order valence-corrected chi connectivity index (χ2v) is 8.06. The summed E-state index contributed by atoms with van der Waals surface area (Å²) in [5, 5.41) is 0. The average molecular weight is 378 g/mol. The van der Waals surface area contributed by atoms with Crippen molar-refractivity contribution in [2.75, 3.05) is 19.9 Å². The van der Waals surface area contributed by atoms with Gasteiger partial charge < -0.3 is 14.4 Å². The molecular weight excluding hydrogens is 352 g/mol. The Morgan fingerprint density at radius 2 is 1.64 bits per heavy atom. The van der Waals surface area contributed by atoms with Crippen LogP contribution in [0.3, 0.4) is 0 Å². The summed E-state index contributed by atoms with van der Waals surface area (Å²) >= 11 is 0. The third kappa shape index (κ3) is 3.04. The number of likely N-dealkylation sites (tertiary alicyclic amines) is 2. The molecule has 5 rings (SSSR count). The van der Waals surface area contributed by atoms with E-state index in [1.807, 2.05) is 24.3 Å². The number of piperidine rings is 1. The van der Waals surface area contributed by atoms with Gasteiger partial charge in [0.15, 0.2) is 11.5 Å². The molecule has 0 saturated carbocycles. The molecule has 0 aliphatic carbocycles. The lowest BCUT2D eigenvalue weighted by Crippen LogP contribution is -2.59. The van der Waals surface area contributed by atoms with E-state index in [-0.39, 0.29) is 5.54 Å². The van der Waals surface area contributed by atoms with Crippen LogP contribution in [0, 0.1) is 0 Å². The summed E-state index contributed by atoms with van der Waals surface area (Å²) in [6, 6.07) is 16.4. The summed E-state index contributed by atoms with van der Waals surface area (Å²) in [5.41, 5.74) is 2.04. The zero-order valence-electron chi connectivity index (χ0n) is 16.1. The molecular formula is C23H26N2O3. The van der Waals surface area contributed by atoms with E-state index in [4.69, 9.17) is 9.47 Å². The van der Waals surface area contributed by atoms with Crippen LogP contribution in [0.2, 0.25) is 0 Å². The van der Waals surface area contributed by atoms with Gasteiger partial charge in [-0.25, -0.2) is 0 Å². The molecule has 2 saturated heterocycles. The molecule has 1 spiro atoms. The zero-order chi connectivity index (χ0) is 19.0. The highest BCUT2D eigenvalue weighted by Gasteiger charge is 2.50. The van der Waals surface area contributed by atoms with Gasteiger partial charge in [0.25, 0.3) is 0 Å². The average Bonchev–Trinajstić information content (AvgIpc) is 3.34. The Bertz CT molecular complexity index is 869. The number of nitrogens with zero attached hydrogens (tertiary/aromatic N) is 2. The van der Waals surface area contributed by atoms with E-state index in [2.05, 4.69) is 34.1 Å². The predicted octanol–water partition coefficient (Wildman–Crippen LogP) is 3.57. The van der Waals surface area contributed by atoms with Crippen molar-refractivity contribution in [3.05, 3.63) is 59.7 Å². The van der Waals surface area contributed by atoms with Crippen LogP contribution in [0.25, 0.3) is 0 Å². The third-order valence-electron chi connectivity index (χ3n) is 6.35. The van der Waals surface area contributed by atoms with Crippen LogP contribution in [0.15, 0.2) is 48.5 Å². The Balaban J connectivity index is 1.36. The second kappa shape index (κ2) is 7.13. The number of fused-ring (bicyclic) bond motifs is 1. The van der Waals surface area contributed by atoms with Crippen LogP contribution in [0.1, 0.15) is 36.8 Å². The van der Waals surface area contributed by atoms with Gasteiger partial charge in [-0.2, -0.15) is 0 Å². The molecule has 5 nitrogen and oxygen atoms in total. The summed E-state index contributed by atoms with van der Waals surface area (Å²) in [6.07, 6.45) is 4.06. The summed E-state index contributed by atoms with van der Waals surface area (Å²) in [6.45, 7) is 3.60. The normalized spacial score (nSPS) is 24.3. The minimum absolute atomic E-state index is 0.291. The largest absolute Gasteiger partial charge is 0.454 e. The molecule has 2 aromatic rings. The number of ether oxygens (including phenoxy) is 2. The Kier molecular flexibility index (Phi) is 4.47. The van der Waals surface area contributed by atoms with Gasteiger partial charge in [0.05, 0.1) is 0 Å². The first kappa shape index (κ1) is 17.6. The third-order valence-corrected chi connectivity index (χ3v) is 6.35. The summed E-state index contributed by atoms with van der Waals surface area (Å²) in [4.78, 5) is 18.1. The lowest BCUT2D eigenvalue weighted by Gasteiger charge is -2.44. The number of benzene rings is 2. The van der Waals surface area contributed by atoms with Gasteiger partial charge in [-0.1, -0.05) is 36.4 Å². The molecule has 146 valence electrons. The monoisotopic (exact) mass is 378 g/mol. The smallest absolute Gasteiger partial charge is 0.243 e. The Morgan fingerprint density at radius 1 is 0.857 bits per heavy atom. The molecule has 28 heavy (non-hydrogen) atoms. The molecule has 2 aromatic carbocycles. The van der Waals surface area contributed by atoms with Crippen molar-refractivity contribution in [2.45, 2.75) is 44.3 Å². The molecule has 1 unspecified atom stereocenters. The van der Waals surface area contributed by atoms with Gasteiger partial charge in [-0.05, 0) is 55.5 Å². The van der Waals surface area contributed by atoms with Crippen molar-refractivity contribution in [2.24, 2.45) is 0 Å². The van der Waals surface area contributed by atoms with E-state index in [0.717, 1.165) is 56.8 Å². The number of rotatable bonds is 4. The predicted molar refractivity (Wildman–Crippen MR) is 106 cm³/mol. The molecule has 2 fully saturated rings. The molecule has 0 radical (unpaired) electrons. The van der Waals surface area contributed by atoms with Crippen molar-refractivity contribution in [3.63, 3.8) is 0 Å². The molecule has 3 aliphatic heterocycles. The van der Waals surface area contributed by atoms with Crippen LogP contribution >= 0.6 is 0 Å². The van der Waals surface area contributed by atoms with Crippen molar-refractivity contribution in [3.8, 4) is 11.5 Å². The van der Waals surface area contributed by atoms with Crippen LogP contribution in [-0.4, -0.2) is 41.1 Å². The van der Waals surface area contributed by atoms with E-state index >= 15 is 0 Å². The second-order valence-electron chi connectivity index (χ2n) is 8.06. The summed E-state index contributed by atoms with van der Waals surface area (Å²) in [5.74, 6) is 1.93. The highest BCUT2D eigenvalue weighted by Crippen LogP contribution is 2.40. The highest BCUT2D eigenvalue weighted by molar-refractivity contribution is 5.87. The quantitative estimate of drug-likeness (QED) is 0.816. The summed E-state index contributed by atoms with van der Waals surface area (Å²) in [7, 11) is 0. The van der Waals surface area contributed by atoms with Gasteiger partial charge in [-0.3, -0.25) is 9.69 Å². The van der Waals surface area contributed by atoms with Crippen molar-refractivity contribution in [1.29, 1.82) is 0 Å². The standard InChI is InChI=1S/C23H26N2O3/c26-22-23(10-4-12-24(22)15-18-6-2-1-3-7-18)11-5-13-25(23)16-19-8-9-20-21(14-19)28-17-27-20/h1-3,6-9,14H,4-5,10-13,15-17H2. The summed E-state index contributed by atoms with van der Waals surface area (Å²) < 4.78 is 11.0. The zero-order valence-corrected chi connectivity index (χ0v) is 16.1. The van der Waals surface area contributed by atoms with E-state index < -0.39 is 0 Å². The van der Waals surface area contributed by atoms with E-state index in [9.17, 15) is 4.79 Å². The number of carbonyl (C=O) groups excluding carboxylic acids is 1. The molecule has 1 amide bonds. The molecule has 1 atom stereocenters. The molecule has 3 aliphatic rings. The van der Waals surface area contributed by atoms with Crippen LogP contribution in [-0.2, 0) is 17.9 Å². The highest BCUT2D eigenvalue weighted by atomic mass is 16.7. The van der Waals surface area contributed by atoms with Crippen LogP contribution in [0.5, 0.6) is 11.5 Å². The molecule has 5 heteroatoms. The molecule has 0 bridgehead atoms. The SMILES string of the molecule is O=C1N(Cc2ccccc2)CCCC12CCCN2Cc1ccc2c(c1)OCO2. The van der Waals surface area contributed by atoms with E-state index in [1.54, 1.807) is 0 Å². The number of amides is 1. The van der Waals surface area contributed by atoms with Crippen molar-refractivity contribution >= 4 is 5.91 Å². The first-order chi connectivity index (χ1) is 13.7. The maximum absolute atomic E-state index is 13.6. The lowest BCUT2D eigenvalue weighted by molar-refractivity contribution is -0.148. The van der Waals surface area contributed by atoms with Crippen LogP contribution < -0.4 is 9.47 Å². The van der Waals surface area contributed by atoms with Gasteiger partial charge in [0.2, 0.25) is 12.7 Å². The van der Waals surface area contributed by atoms with Gasteiger partial charge in [0, 0.05) is 19.6 Å². The van der Waals surface area contributed by atoms with Gasteiger partial charge in [-0.15, -0.1) is 0 Å². The molecule has 0 aromatic heterocycles. The van der Waals surface area contributed by atoms with Crippen molar-refractivity contribution in [1.82, 2.24) is 9.80 Å². The number of hydrogen-bond acceptors (Lipinski definition) is 4. The first-order valence-electron chi connectivity index (χ1n) is 10.2. The fraction of sp³-hybridized carbons (Fsp3) is 0.435. The minimum atomic E-state index is -0.344. The van der Waals surface area contributed by atoms with Crippen LogP contribution in [0.4, 0.5) is 0 Å². The lowest BCUT2D eigenvalue weighted by atomic mass is 9.85. The van der Waals surface area contributed by atoms with Gasteiger partial charge in [0.1, 0.15) is 5.54 Å². The number of hydrogen-bond donors (Lipinski definition) is 0. The molecule has 0 N–H and O–H groups in total. The fourth-order valence-corrected chi connectivity index (χ4v) is 4.97. The topological polar surface area (TPSA) is 42.0 Å². The Labute approximate surface area is 165 Å². The van der Waals surface area contributed by atoms with E-state index in [0.29, 0.717) is 19.2 Å². The van der Waals surface area contributed by atoms with E-state index in [1.165, 1.54) is 11.1 Å². The van der Waals surface area contributed by atoms with Crippen molar-refractivity contribution < 1.29 is 14.3 Å². The minimum Gasteiger partial charge on any atom is -0.454 e. The Morgan fingerprint density at radius 3 is 2.50 bits per heavy atom. The maximum atomic E-state index is 13.6. The molecule has 3 heterocycles. The van der Waals surface area contributed by atoms with Gasteiger partial charge >= 0.3 is 0 Å². The first-order valence-corrected chi connectivity index (χ1v) is 10.2. The fourth-order valence-electron chi connectivity index (χ4n) is 4.97. The Hall–Kier alpha value is -2.53.